The molecule has 1 unspecified atom stereocenters. The summed E-state index contributed by atoms with van der Waals surface area (Å²) in [6.45, 7) is 6.34. The summed E-state index contributed by atoms with van der Waals surface area (Å²) in [6.07, 6.45) is 1.09. The molecule has 0 saturated heterocycles. The van der Waals surface area contributed by atoms with E-state index in [2.05, 4.69) is 12.2 Å². The minimum absolute atomic E-state index is 0.142. The number of rotatable bonds is 6. The van der Waals surface area contributed by atoms with E-state index in [9.17, 15) is 4.39 Å². The van der Waals surface area contributed by atoms with Crippen molar-refractivity contribution in [1.29, 1.82) is 0 Å². The van der Waals surface area contributed by atoms with Crippen LogP contribution in [-0.4, -0.2) is 13.1 Å². The van der Waals surface area contributed by atoms with Gasteiger partial charge in [0.2, 0.25) is 0 Å². The second-order valence-corrected chi connectivity index (χ2v) is 4.22. The zero-order chi connectivity index (χ0) is 12.0. The molecule has 0 heterocycles. The third-order valence-electron chi connectivity index (χ3n) is 2.90. The number of hydrogen-bond donors (Lipinski definition) is 2. The van der Waals surface area contributed by atoms with E-state index in [0.717, 1.165) is 25.1 Å². The van der Waals surface area contributed by atoms with Crippen LogP contribution in [0.4, 0.5) is 4.39 Å². The summed E-state index contributed by atoms with van der Waals surface area (Å²) in [6, 6.07) is 5.22. The molecule has 0 aliphatic carbocycles. The molecule has 0 aliphatic rings. The van der Waals surface area contributed by atoms with Gasteiger partial charge in [0.05, 0.1) is 0 Å². The minimum Gasteiger partial charge on any atom is -0.330 e. The van der Waals surface area contributed by atoms with Gasteiger partial charge >= 0.3 is 0 Å². The predicted molar refractivity (Wildman–Crippen MR) is 65.7 cm³/mol. The Bertz CT molecular complexity index is 322. The Labute approximate surface area is 97.0 Å². The van der Waals surface area contributed by atoms with Crippen LogP contribution < -0.4 is 11.1 Å². The second-order valence-electron chi connectivity index (χ2n) is 4.22. The van der Waals surface area contributed by atoms with Gasteiger partial charge in [0, 0.05) is 6.54 Å². The van der Waals surface area contributed by atoms with Crippen molar-refractivity contribution in [2.75, 3.05) is 13.1 Å². The largest absolute Gasteiger partial charge is 0.330 e. The van der Waals surface area contributed by atoms with Gasteiger partial charge in [-0.2, -0.15) is 0 Å². The Hall–Kier alpha value is -0.930. The smallest absolute Gasteiger partial charge is 0.126 e. The van der Waals surface area contributed by atoms with Gasteiger partial charge in [0.1, 0.15) is 5.82 Å². The number of benzene rings is 1. The predicted octanol–water partition coefficient (Wildman–Crippen LogP) is 2.21. The van der Waals surface area contributed by atoms with Crippen LogP contribution >= 0.6 is 0 Å². The standard InChI is InChI=1S/C13H21FN2/c1-3-11(7-15)8-16-9-12-4-5-13(14)10(2)6-12/h4-6,11,16H,3,7-9,15H2,1-2H3. The van der Waals surface area contributed by atoms with Gasteiger partial charge in [0.15, 0.2) is 0 Å². The molecule has 0 spiro atoms. The maximum absolute atomic E-state index is 13.0. The lowest BCUT2D eigenvalue weighted by molar-refractivity contribution is 0.471. The van der Waals surface area contributed by atoms with Crippen LogP contribution in [0, 0.1) is 18.7 Å². The highest BCUT2D eigenvalue weighted by molar-refractivity contribution is 5.23. The molecule has 0 saturated carbocycles. The van der Waals surface area contributed by atoms with Crippen molar-refractivity contribution in [2.24, 2.45) is 11.7 Å². The Morgan fingerprint density at radius 1 is 1.44 bits per heavy atom. The van der Waals surface area contributed by atoms with Crippen LogP contribution in [-0.2, 0) is 6.54 Å². The molecule has 0 fully saturated rings. The Balaban J connectivity index is 2.40. The molecular formula is C13H21FN2. The lowest BCUT2D eigenvalue weighted by Crippen LogP contribution is -2.27. The maximum Gasteiger partial charge on any atom is 0.126 e. The van der Waals surface area contributed by atoms with Crippen molar-refractivity contribution in [1.82, 2.24) is 5.32 Å². The van der Waals surface area contributed by atoms with Gasteiger partial charge in [-0.05, 0) is 43.1 Å². The lowest BCUT2D eigenvalue weighted by atomic mass is 10.1. The first-order valence-electron chi connectivity index (χ1n) is 5.83. The highest BCUT2D eigenvalue weighted by Gasteiger charge is 2.03. The molecule has 90 valence electrons. The Morgan fingerprint density at radius 3 is 2.75 bits per heavy atom. The summed E-state index contributed by atoms with van der Waals surface area (Å²) in [4.78, 5) is 0. The molecule has 1 rings (SSSR count). The van der Waals surface area contributed by atoms with Crippen LogP contribution in [0.15, 0.2) is 18.2 Å². The fourth-order valence-electron chi connectivity index (χ4n) is 1.63. The topological polar surface area (TPSA) is 38.0 Å². The van der Waals surface area contributed by atoms with Crippen LogP contribution in [0.3, 0.4) is 0 Å². The molecule has 0 aromatic heterocycles. The molecule has 1 aromatic rings. The first kappa shape index (κ1) is 13.1. The fraction of sp³-hybridized carbons (Fsp3) is 0.538. The van der Waals surface area contributed by atoms with Crippen LogP contribution in [0.1, 0.15) is 24.5 Å². The normalized spacial score (nSPS) is 12.8. The van der Waals surface area contributed by atoms with E-state index < -0.39 is 0 Å². The van der Waals surface area contributed by atoms with Crippen molar-refractivity contribution in [3.8, 4) is 0 Å². The average molecular weight is 224 g/mol. The summed E-state index contributed by atoms with van der Waals surface area (Å²) in [5.74, 6) is 0.388. The quantitative estimate of drug-likeness (QED) is 0.777. The van der Waals surface area contributed by atoms with Gasteiger partial charge in [0.25, 0.3) is 0 Å². The number of halogens is 1. The van der Waals surface area contributed by atoms with E-state index in [-0.39, 0.29) is 5.82 Å². The molecule has 1 atom stereocenters. The summed E-state index contributed by atoms with van der Waals surface area (Å²) >= 11 is 0. The molecule has 0 amide bonds. The molecule has 2 nitrogen and oxygen atoms in total. The zero-order valence-electron chi connectivity index (χ0n) is 10.1. The van der Waals surface area contributed by atoms with E-state index in [4.69, 9.17) is 5.73 Å². The molecule has 0 aliphatic heterocycles. The molecule has 3 heteroatoms. The van der Waals surface area contributed by atoms with E-state index in [1.165, 1.54) is 6.07 Å². The lowest BCUT2D eigenvalue weighted by Gasteiger charge is -2.13. The van der Waals surface area contributed by atoms with Crippen molar-refractivity contribution in [3.63, 3.8) is 0 Å². The number of hydrogen-bond acceptors (Lipinski definition) is 2. The van der Waals surface area contributed by atoms with Gasteiger partial charge in [-0.3, -0.25) is 0 Å². The molecule has 0 bridgehead atoms. The molecule has 16 heavy (non-hydrogen) atoms. The minimum atomic E-state index is -0.142. The molecular weight excluding hydrogens is 203 g/mol. The fourth-order valence-corrected chi connectivity index (χ4v) is 1.63. The average Bonchev–Trinajstić information content (AvgIpc) is 2.29. The SMILES string of the molecule is CCC(CN)CNCc1ccc(F)c(C)c1. The summed E-state index contributed by atoms with van der Waals surface area (Å²) in [5.41, 5.74) is 7.43. The third-order valence-corrected chi connectivity index (χ3v) is 2.90. The van der Waals surface area contributed by atoms with E-state index in [0.29, 0.717) is 18.0 Å². The zero-order valence-corrected chi connectivity index (χ0v) is 10.1. The highest BCUT2D eigenvalue weighted by Crippen LogP contribution is 2.09. The summed E-state index contributed by atoms with van der Waals surface area (Å²) < 4.78 is 13.0. The van der Waals surface area contributed by atoms with E-state index in [1.807, 2.05) is 12.1 Å². The molecule has 1 aromatic carbocycles. The van der Waals surface area contributed by atoms with Gasteiger partial charge in [-0.15, -0.1) is 0 Å². The first-order chi connectivity index (χ1) is 7.67. The van der Waals surface area contributed by atoms with Crippen molar-refractivity contribution in [2.45, 2.75) is 26.8 Å². The number of nitrogens with two attached hydrogens (primary N) is 1. The van der Waals surface area contributed by atoms with E-state index in [1.54, 1.807) is 6.92 Å². The number of aryl methyl sites for hydroxylation is 1. The highest BCUT2D eigenvalue weighted by atomic mass is 19.1. The Morgan fingerprint density at radius 2 is 2.19 bits per heavy atom. The van der Waals surface area contributed by atoms with Crippen molar-refractivity contribution < 1.29 is 4.39 Å². The van der Waals surface area contributed by atoms with Gasteiger partial charge in [-0.1, -0.05) is 25.5 Å². The van der Waals surface area contributed by atoms with Gasteiger partial charge in [-0.25, -0.2) is 4.39 Å². The van der Waals surface area contributed by atoms with E-state index >= 15 is 0 Å². The molecule has 3 N–H and O–H groups in total. The monoisotopic (exact) mass is 224 g/mol. The van der Waals surface area contributed by atoms with Crippen LogP contribution in [0.5, 0.6) is 0 Å². The maximum atomic E-state index is 13.0. The summed E-state index contributed by atoms with van der Waals surface area (Å²) in [5, 5.41) is 3.35. The number of nitrogens with one attached hydrogen (secondary N) is 1. The molecule has 0 radical (unpaired) electrons. The third kappa shape index (κ3) is 3.91. The van der Waals surface area contributed by atoms with Crippen LogP contribution in [0.25, 0.3) is 0 Å². The first-order valence-corrected chi connectivity index (χ1v) is 5.83. The summed E-state index contributed by atoms with van der Waals surface area (Å²) in [7, 11) is 0. The van der Waals surface area contributed by atoms with Crippen molar-refractivity contribution in [3.05, 3.63) is 35.1 Å². The Kier molecular flexibility index (Phi) is 5.43. The van der Waals surface area contributed by atoms with Crippen LogP contribution in [0.2, 0.25) is 0 Å². The van der Waals surface area contributed by atoms with Crippen molar-refractivity contribution >= 4 is 0 Å². The van der Waals surface area contributed by atoms with Gasteiger partial charge < -0.3 is 11.1 Å². The second kappa shape index (κ2) is 6.61.